The lowest BCUT2D eigenvalue weighted by Crippen LogP contribution is -2.12. The van der Waals surface area contributed by atoms with Crippen LogP contribution in [-0.2, 0) is 19.4 Å². The lowest BCUT2D eigenvalue weighted by Gasteiger charge is -2.12. The molecular formula is C22H22N6O. The van der Waals surface area contributed by atoms with Crippen LogP contribution >= 0.6 is 0 Å². The van der Waals surface area contributed by atoms with Gasteiger partial charge in [0, 0.05) is 30.2 Å². The Labute approximate surface area is 169 Å². The van der Waals surface area contributed by atoms with Crippen molar-refractivity contribution in [1.29, 1.82) is 5.26 Å². The lowest BCUT2D eigenvalue weighted by atomic mass is 10.0. The Morgan fingerprint density at radius 3 is 2.38 bits per heavy atom. The van der Waals surface area contributed by atoms with E-state index in [0.29, 0.717) is 29.2 Å². The van der Waals surface area contributed by atoms with Gasteiger partial charge in [0.25, 0.3) is 5.91 Å². The van der Waals surface area contributed by atoms with Gasteiger partial charge in [-0.05, 0) is 48.2 Å². The number of hydrogen-bond acceptors (Lipinski definition) is 6. The highest BCUT2D eigenvalue weighted by Crippen LogP contribution is 2.20. The molecule has 1 aromatic carbocycles. The van der Waals surface area contributed by atoms with Gasteiger partial charge < -0.3 is 10.6 Å². The number of nitriles is 1. The van der Waals surface area contributed by atoms with E-state index in [1.807, 2.05) is 26.0 Å². The maximum Gasteiger partial charge on any atom is 0.255 e. The summed E-state index contributed by atoms with van der Waals surface area (Å²) >= 11 is 0. The van der Waals surface area contributed by atoms with Crippen molar-refractivity contribution in [2.45, 2.75) is 33.2 Å². The number of benzene rings is 1. The van der Waals surface area contributed by atoms with Crippen LogP contribution in [0.15, 0.2) is 48.8 Å². The van der Waals surface area contributed by atoms with E-state index in [1.165, 1.54) is 0 Å². The van der Waals surface area contributed by atoms with Crippen LogP contribution in [0.25, 0.3) is 0 Å². The highest BCUT2D eigenvalue weighted by Gasteiger charge is 2.14. The number of carbonyl (C=O) groups is 1. The van der Waals surface area contributed by atoms with Gasteiger partial charge >= 0.3 is 0 Å². The molecule has 0 aliphatic rings. The lowest BCUT2D eigenvalue weighted by molar-refractivity contribution is 0.102. The Morgan fingerprint density at radius 2 is 1.76 bits per heavy atom. The van der Waals surface area contributed by atoms with Gasteiger partial charge in [-0.2, -0.15) is 10.4 Å². The van der Waals surface area contributed by atoms with E-state index in [9.17, 15) is 10.1 Å². The zero-order chi connectivity index (χ0) is 20.6. The van der Waals surface area contributed by atoms with Crippen LogP contribution < -0.4 is 10.6 Å². The minimum atomic E-state index is -0.184. The van der Waals surface area contributed by atoms with E-state index in [-0.39, 0.29) is 5.91 Å². The quantitative estimate of drug-likeness (QED) is 0.641. The first-order valence-corrected chi connectivity index (χ1v) is 9.49. The molecule has 0 unspecified atom stereocenters. The molecule has 0 aliphatic heterocycles. The van der Waals surface area contributed by atoms with Crippen molar-refractivity contribution in [3.05, 3.63) is 76.7 Å². The Balaban J connectivity index is 1.68. The maximum absolute atomic E-state index is 12.3. The maximum atomic E-state index is 12.3. The van der Waals surface area contributed by atoms with Crippen molar-refractivity contribution >= 4 is 17.4 Å². The van der Waals surface area contributed by atoms with Crippen LogP contribution in [0.3, 0.4) is 0 Å². The second-order valence-electron chi connectivity index (χ2n) is 6.41. The molecule has 146 valence electrons. The molecule has 7 heteroatoms. The molecule has 0 spiro atoms. The first-order chi connectivity index (χ1) is 14.2. The van der Waals surface area contributed by atoms with Gasteiger partial charge in [-0.1, -0.05) is 26.0 Å². The van der Waals surface area contributed by atoms with Crippen LogP contribution in [0.1, 0.15) is 46.6 Å². The fraction of sp³-hybridized carbons (Fsp3) is 0.227. The molecule has 2 aromatic heterocycles. The summed E-state index contributed by atoms with van der Waals surface area (Å²) in [5.41, 5.74) is 4.57. The van der Waals surface area contributed by atoms with Crippen molar-refractivity contribution < 1.29 is 4.79 Å². The zero-order valence-electron chi connectivity index (χ0n) is 16.4. The Hall–Kier alpha value is -3.79. The average molecular weight is 386 g/mol. The number of pyridine rings is 1. The third kappa shape index (κ3) is 4.74. The summed E-state index contributed by atoms with van der Waals surface area (Å²) in [5.74, 6) is 0.303. The third-order valence-corrected chi connectivity index (χ3v) is 4.57. The number of rotatable bonds is 7. The number of carbonyl (C=O) groups excluding carboxylic acids is 1. The summed E-state index contributed by atoms with van der Waals surface area (Å²) in [4.78, 5) is 16.2. The molecule has 0 atom stereocenters. The largest absolute Gasteiger partial charge is 0.363 e. The van der Waals surface area contributed by atoms with E-state index in [0.717, 1.165) is 29.7 Å². The summed E-state index contributed by atoms with van der Waals surface area (Å²) in [6, 6.07) is 13.0. The number of aryl methyl sites for hydroxylation is 1. The summed E-state index contributed by atoms with van der Waals surface area (Å²) in [6.45, 7) is 4.49. The van der Waals surface area contributed by atoms with Crippen LogP contribution in [0.4, 0.5) is 11.5 Å². The molecule has 0 radical (unpaired) electrons. The van der Waals surface area contributed by atoms with E-state index < -0.39 is 0 Å². The molecule has 1 amide bonds. The van der Waals surface area contributed by atoms with Gasteiger partial charge in [-0.3, -0.25) is 9.78 Å². The minimum absolute atomic E-state index is 0.184. The zero-order valence-corrected chi connectivity index (χ0v) is 16.4. The molecule has 2 N–H and O–H groups in total. The number of nitrogens with one attached hydrogen (secondary N) is 2. The smallest absolute Gasteiger partial charge is 0.255 e. The molecule has 7 nitrogen and oxygen atoms in total. The van der Waals surface area contributed by atoms with E-state index in [2.05, 4.69) is 31.9 Å². The van der Waals surface area contributed by atoms with Crippen molar-refractivity contribution in [1.82, 2.24) is 15.2 Å². The molecule has 0 fully saturated rings. The Bertz CT molecular complexity index is 1030. The number of amides is 1. The predicted molar refractivity (Wildman–Crippen MR) is 111 cm³/mol. The van der Waals surface area contributed by atoms with Crippen LogP contribution in [-0.4, -0.2) is 21.1 Å². The molecule has 3 aromatic rings. The topological polar surface area (TPSA) is 104 Å². The van der Waals surface area contributed by atoms with E-state index in [1.54, 1.807) is 36.7 Å². The molecule has 0 saturated carbocycles. The first-order valence-electron chi connectivity index (χ1n) is 9.49. The normalized spacial score (nSPS) is 10.2. The van der Waals surface area contributed by atoms with Crippen molar-refractivity contribution in [2.24, 2.45) is 0 Å². The molecule has 0 saturated heterocycles. The molecule has 3 rings (SSSR count). The molecule has 2 heterocycles. The summed E-state index contributed by atoms with van der Waals surface area (Å²) in [5, 5.41) is 24.0. The average Bonchev–Trinajstić information content (AvgIpc) is 2.77. The Kier molecular flexibility index (Phi) is 6.48. The fourth-order valence-electron chi connectivity index (χ4n) is 3.02. The van der Waals surface area contributed by atoms with Crippen LogP contribution in [0, 0.1) is 11.3 Å². The SMILES string of the molecule is CCc1nnc(NCc2ccc(C(=O)Nc3ccncc3)cc2)c(C#N)c1CC. The van der Waals surface area contributed by atoms with Crippen LogP contribution in [0.5, 0.6) is 0 Å². The summed E-state index contributed by atoms with van der Waals surface area (Å²) in [7, 11) is 0. The van der Waals surface area contributed by atoms with Gasteiger partial charge in [0.2, 0.25) is 0 Å². The number of nitrogens with zero attached hydrogens (tertiary/aromatic N) is 4. The molecular weight excluding hydrogens is 364 g/mol. The highest BCUT2D eigenvalue weighted by atomic mass is 16.1. The van der Waals surface area contributed by atoms with Crippen LogP contribution in [0.2, 0.25) is 0 Å². The molecule has 0 bridgehead atoms. The van der Waals surface area contributed by atoms with Gasteiger partial charge in [0.1, 0.15) is 11.6 Å². The van der Waals surface area contributed by atoms with Gasteiger partial charge in [-0.15, -0.1) is 5.10 Å². The first kappa shape index (κ1) is 20.0. The highest BCUT2D eigenvalue weighted by molar-refractivity contribution is 6.04. The van der Waals surface area contributed by atoms with E-state index in [4.69, 9.17) is 0 Å². The Morgan fingerprint density at radius 1 is 1.03 bits per heavy atom. The molecule has 29 heavy (non-hydrogen) atoms. The number of hydrogen-bond donors (Lipinski definition) is 2. The van der Waals surface area contributed by atoms with Gasteiger partial charge in [0.15, 0.2) is 5.82 Å². The summed E-state index contributed by atoms with van der Waals surface area (Å²) < 4.78 is 0. The monoisotopic (exact) mass is 386 g/mol. The van der Waals surface area contributed by atoms with Crippen molar-refractivity contribution in [2.75, 3.05) is 10.6 Å². The third-order valence-electron chi connectivity index (χ3n) is 4.57. The number of aromatic nitrogens is 3. The number of anilines is 2. The predicted octanol–water partition coefficient (Wildman–Crippen LogP) is 3.73. The fourth-order valence-corrected chi connectivity index (χ4v) is 3.02. The van der Waals surface area contributed by atoms with E-state index >= 15 is 0 Å². The summed E-state index contributed by atoms with van der Waals surface area (Å²) in [6.07, 6.45) is 4.73. The van der Waals surface area contributed by atoms with Gasteiger partial charge in [0.05, 0.1) is 5.69 Å². The van der Waals surface area contributed by atoms with Crippen molar-refractivity contribution in [3.63, 3.8) is 0 Å². The van der Waals surface area contributed by atoms with Crippen molar-refractivity contribution in [3.8, 4) is 6.07 Å². The second kappa shape index (κ2) is 9.42. The standard InChI is InChI=1S/C22H22N6O/c1-3-18-19(13-23)21(28-27-20(18)4-2)25-14-15-5-7-16(8-6-15)22(29)26-17-9-11-24-12-10-17/h5-12H,3-4,14H2,1-2H3,(H,25,28)(H,24,26,29). The van der Waals surface area contributed by atoms with Gasteiger partial charge in [-0.25, -0.2) is 0 Å². The second-order valence-corrected chi connectivity index (χ2v) is 6.41. The minimum Gasteiger partial charge on any atom is -0.363 e. The molecule has 0 aliphatic carbocycles.